The molecule has 0 amide bonds. The quantitative estimate of drug-likeness (QED) is 0.854. The fraction of sp³-hybridized carbons (Fsp3) is 0.286. The molecule has 1 aliphatic rings. The van der Waals surface area contributed by atoms with Gasteiger partial charge >= 0.3 is 0 Å². The van der Waals surface area contributed by atoms with Crippen LogP contribution in [0.25, 0.3) is 11.4 Å². The second kappa shape index (κ2) is 5.10. The van der Waals surface area contributed by atoms with Crippen LogP contribution in [0.4, 0.5) is 5.82 Å². The topological polar surface area (TPSA) is 51.8 Å². The van der Waals surface area contributed by atoms with Crippen LogP contribution in [0.1, 0.15) is 24.1 Å². The molecule has 0 fully saturated rings. The normalized spacial score (nSPS) is 14.2. The zero-order valence-electron chi connectivity index (χ0n) is 10.3. The average molecular weight is 339 g/mol. The Labute approximate surface area is 125 Å². The van der Waals surface area contributed by atoms with Crippen LogP contribution in [0.15, 0.2) is 22.7 Å². The van der Waals surface area contributed by atoms with E-state index < -0.39 is 0 Å². The third-order valence-electron chi connectivity index (χ3n) is 3.38. The maximum absolute atomic E-state index is 6.22. The highest BCUT2D eigenvalue weighted by Gasteiger charge is 2.17. The molecule has 0 saturated heterocycles. The second-order valence-corrected chi connectivity index (χ2v) is 6.01. The molecule has 5 heteroatoms. The molecule has 0 atom stereocenters. The van der Waals surface area contributed by atoms with Gasteiger partial charge < -0.3 is 5.73 Å². The molecule has 0 bridgehead atoms. The lowest BCUT2D eigenvalue weighted by Crippen LogP contribution is -2.11. The van der Waals surface area contributed by atoms with Crippen molar-refractivity contribution in [1.29, 1.82) is 0 Å². The van der Waals surface area contributed by atoms with Gasteiger partial charge in [-0.1, -0.05) is 27.5 Å². The van der Waals surface area contributed by atoms with E-state index in [0.29, 0.717) is 16.7 Å². The van der Waals surface area contributed by atoms with E-state index in [1.165, 1.54) is 0 Å². The lowest BCUT2D eigenvalue weighted by Gasteiger charge is -2.17. The Hall–Kier alpha value is -1.13. The Morgan fingerprint density at radius 3 is 2.79 bits per heavy atom. The lowest BCUT2D eigenvalue weighted by atomic mass is 9.96. The first-order valence-corrected chi connectivity index (χ1v) is 7.43. The molecule has 1 aliphatic carbocycles. The number of hydrogen-bond donors (Lipinski definition) is 1. The van der Waals surface area contributed by atoms with Gasteiger partial charge in [0.2, 0.25) is 0 Å². The number of rotatable bonds is 1. The van der Waals surface area contributed by atoms with Crippen molar-refractivity contribution in [3.8, 4) is 11.4 Å². The van der Waals surface area contributed by atoms with Crippen LogP contribution in [0, 0.1) is 0 Å². The summed E-state index contributed by atoms with van der Waals surface area (Å²) in [4.78, 5) is 9.07. The summed E-state index contributed by atoms with van der Waals surface area (Å²) in [5, 5.41) is 0.637. The first-order chi connectivity index (χ1) is 9.15. The van der Waals surface area contributed by atoms with Crippen molar-refractivity contribution in [2.24, 2.45) is 0 Å². The van der Waals surface area contributed by atoms with E-state index in [-0.39, 0.29) is 0 Å². The van der Waals surface area contributed by atoms with Gasteiger partial charge in [-0.3, -0.25) is 0 Å². The van der Waals surface area contributed by atoms with Gasteiger partial charge in [-0.15, -0.1) is 0 Å². The Balaban J connectivity index is 2.15. The van der Waals surface area contributed by atoms with Gasteiger partial charge in [0.25, 0.3) is 0 Å². The number of benzene rings is 1. The number of halogens is 2. The summed E-state index contributed by atoms with van der Waals surface area (Å²) in [5.41, 5.74) is 9.06. The van der Waals surface area contributed by atoms with E-state index in [0.717, 1.165) is 47.0 Å². The smallest absolute Gasteiger partial charge is 0.163 e. The number of hydrogen-bond acceptors (Lipinski definition) is 3. The lowest BCUT2D eigenvalue weighted by molar-refractivity contribution is 0.666. The van der Waals surface area contributed by atoms with Gasteiger partial charge in [0.1, 0.15) is 5.82 Å². The third-order valence-corrected chi connectivity index (χ3v) is 4.21. The minimum Gasteiger partial charge on any atom is -0.383 e. The van der Waals surface area contributed by atoms with Crippen LogP contribution in [-0.4, -0.2) is 9.97 Å². The highest BCUT2D eigenvalue weighted by atomic mass is 79.9. The minimum absolute atomic E-state index is 0.593. The third kappa shape index (κ3) is 2.47. The van der Waals surface area contributed by atoms with Crippen molar-refractivity contribution in [2.75, 3.05) is 5.73 Å². The fourth-order valence-electron chi connectivity index (χ4n) is 2.41. The Bertz CT molecular complexity index is 643. The fourth-order valence-corrected chi connectivity index (χ4v) is 2.98. The van der Waals surface area contributed by atoms with E-state index in [1.807, 2.05) is 18.2 Å². The molecule has 19 heavy (non-hydrogen) atoms. The number of aromatic nitrogens is 2. The molecule has 3 nitrogen and oxygen atoms in total. The molecule has 2 aromatic rings. The van der Waals surface area contributed by atoms with Gasteiger partial charge in [0.15, 0.2) is 5.82 Å². The van der Waals surface area contributed by atoms with Crippen molar-refractivity contribution >= 4 is 33.3 Å². The SMILES string of the molecule is Nc1nc(-c2cc(Br)ccc2Cl)nc2c1CCCC2. The minimum atomic E-state index is 0.593. The van der Waals surface area contributed by atoms with E-state index in [4.69, 9.17) is 17.3 Å². The summed E-state index contributed by atoms with van der Waals surface area (Å²) in [6.07, 6.45) is 4.28. The molecule has 1 aromatic heterocycles. The molecule has 0 saturated carbocycles. The zero-order chi connectivity index (χ0) is 13.4. The van der Waals surface area contributed by atoms with E-state index in [2.05, 4.69) is 25.9 Å². The molecular formula is C14H13BrClN3. The summed E-state index contributed by atoms with van der Waals surface area (Å²) in [7, 11) is 0. The molecule has 0 aliphatic heterocycles. The Kier molecular flexibility index (Phi) is 3.46. The number of anilines is 1. The van der Waals surface area contributed by atoms with Crippen LogP contribution in [-0.2, 0) is 12.8 Å². The average Bonchev–Trinajstić information content (AvgIpc) is 2.41. The summed E-state index contributed by atoms with van der Waals surface area (Å²) in [5.74, 6) is 1.21. The summed E-state index contributed by atoms with van der Waals surface area (Å²) in [6, 6.07) is 5.65. The number of fused-ring (bicyclic) bond motifs is 1. The van der Waals surface area contributed by atoms with Gasteiger partial charge in [0, 0.05) is 21.3 Å². The van der Waals surface area contributed by atoms with E-state index in [9.17, 15) is 0 Å². The van der Waals surface area contributed by atoms with Crippen LogP contribution >= 0.6 is 27.5 Å². The predicted molar refractivity (Wildman–Crippen MR) is 81.2 cm³/mol. The molecule has 1 heterocycles. The molecule has 0 unspecified atom stereocenters. The number of aryl methyl sites for hydroxylation is 1. The molecule has 0 radical (unpaired) electrons. The van der Waals surface area contributed by atoms with E-state index in [1.54, 1.807) is 0 Å². The maximum Gasteiger partial charge on any atom is 0.163 e. The second-order valence-electron chi connectivity index (χ2n) is 4.69. The van der Waals surface area contributed by atoms with Gasteiger partial charge in [-0.05, 0) is 43.9 Å². The molecule has 3 rings (SSSR count). The Morgan fingerprint density at radius 2 is 1.95 bits per heavy atom. The standard InChI is InChI=1S/C14H13BrClN3/c15-8-5-6-11(16)10(7-8)14-18-12-4-2-1-3-9(12)13(17)19-14/h5-7H,1-4H2,(H2,17,18,19). The monoisotopic (exact) mass is 337 g/mol. The van der Waals surface area contributed by atoms with Gasteiger partial charge in [-0.2, -0.15) is 0 Å². The highest BCUT2D eigenvalue weighted by molar-refractivity contribution is 9.10. The summed E-state index contributed by atoms with van der Waals surface area (Å²) < 4.78 is 0.951. The molecule has 0 spiro atoms. The molecule has 1 aromatic carbocycles. The molecular weight excluding hydrogens is 326 g/mol. The number of nitrogens with zero attached hydrogens (tertiary/aromatic N) is 2. The van der Waals surface area contributed by atoms with Crippen molar-refractivity contribution in [3.63, 3.8) is 0 Å². The van der Waals surface area contributed by atoms with Crippen molar-refractivity contribution in [1.82, 2.24) is 9.97 Å². The Morgan fingerprint density at radius 1 is 1.16 bits per heavy atom. The van der Waals surface area contributed by atoms with Gasteiger partial charge in [0.05, 0.1) is 5.02 Å². The van der Waals surface area contributed by atoms with Crippen molar-refractivity contribution in [2.45, 2.75) is 25.7 Å². The van der Waals surface area contributed by atoms with Crippen LogP contribution < -0.4 is 5.73 Å². The van der Waals surface area contributed by atoms with Crippen molar-refractivity contribution in [3.05, 3.63) is 39.0 Å². The maximum atomic E-state index is 6.22. The first kappa shape index (κ1) is 12.9. The molecule has 2 N–H and O–H groups in total. The number of nitrogens with two attached hydrogens (primary N) is 1. The summed E-state index contributed by atoms with van der Waals surface area (Å²) in [6.45, 7) is 0. The highest BCUT2D eigenvalue weighted by Crippen LogP contribution is 2.31. The predicted octanol–water partition coefficient (Wildman–Crippen LogP) is 4.02. The zero-order valence-corrected chi connectivity index (χ0v) is 12.6. The van der Waals surface area contributed by atoms with Gasteiger partial charge in [-0.25, -0.2) is 9.97 Å². The van der Waals surface area contributed by atoms with Crippen LogP contribution in [0.3, 0.4) is 0 Å². The van der Waals surface area contributed by atoms with Crippen molar-refractivity contribution < 1.29 is 0 Å². The van der Waals surface area contributed by atoms with Crippen LogP contribution in [0.2, 0.25) is 5.02 Å². The van der Waals surface area contributed by atoms with Crippen LogP contribution in [0.5, 0.6) is 0 Å². The largest absolute Gasteiger partial charge is 0.383 e. The summed E-state index contributed by atoms with van der Waals surface area (Å²) >= 11 is 9.67. The van der Waals surface area contributed by atoms with E-state index >= 15 is 0 Å². The number of nitrogen functional groups attached to an aromatic ring is 1. The molecule has 98 valence electrons. The first-order valence-electron chi connectivity index (χ1n) is 6.26.